The monoisotopic (exact) mass is 208 g/mol. The maximum absolute atomic E-state index is 12.0. The molecule has 0 aliphatic heterocycles. The molecule has 1 aliphatic rings. The highest BCUT2D eigenvalue weighted by atomic mass is 16.1. The molecule has 0 bridgehead atoms. The van der Waals surface area contributed by atoms with E-state index in [-0.39, 0.29) is 0 Å². The summed E-state index contributed by atoms with van der Waals surface area (Å²) in [5.74, 6) is 0.789. The third kappa shape index (κ3) is 4.63. The number of allylic oxidation sites excluding steroid dienone is 1. The quantitative estimate of drug-likeness (QED) is 0.630. The maximum Gasteiger partial charge on any atom is 0.139 e. The lowest BCUT2D eigenvalue weighted by molar-refractivity contribution is -0.122. The molecule has 0 N–H and O–H groups in total. The molecule has 86 valence electrons. The molecule has 15 heavy (non-hydrogen) atoms. The van der Waals surface area contributed by atoms with E-state index in [0.717, 1.165) is 24.8 Å². The second-order valence-electron chi connectivity index (χ2n) is 4.79. The third-order valence-corrected chi connectivity index (χ3v) is 3.48. The number of hydrogen-bond acceptors (Lipinski definition) is 1. The van der Waals surface area contributed by atoms with Crippen molar-refractivity contribution in [2.45, 2.75) is 64.7 Å². The second kappa shape index (κ2) is 6.81. The first-order valence-electron chi connectivity index (χ1n) is 6.43. The van der Waals surface area contributed by atoms with Gasteiger partial charge in [0, 0.05) is 12.3 Å². The largest absolute Gasteiger partial charge is 0.299 e. The minimum absolute atomic E-state index is 0.341. The zero-order chi connectivity index (χ0) is 11.1. The normalized spacial score (nSPS) is 19.3. The molecule has 1 heteroatoms. The van der Waals surface area contributed by atoms with Gasteiger partial charge in [-0.2, -0.15) is 0 Å². The van der Waals surface area contributed by atoms with Crippen molar-refractivity contribution in [3.63, 3.8) is 0 Å². The number of ketones is 1. The Morgan fingerprint density at radius 3 is 2.20 bits per heavy atom. The van der Waals surface area contributed by atoms with E-state index in [4.69, 9.17) is 0 Å². The summed E-state index contributed by atoms with van der Waals surface area (Å²) in [6, 6.07) is 0. The molecule has 0 unspecified atom stereocenters. The first-order chi connectivity index (χ1) is 7.24. The Bertz CT molecular complexity index is 209. The van der Waals surface area contributed by atoms with Crippen LogP contribution in [0.4, 0.5) is 0 Å². The van der Waals surface area contributed by atoms with Crippen LogP contribution in [-0.4, -0.2) is 5.78 Å². The van der Waals surface area contributed by atoms with Crippen LogP contribution in [-0.2, 0) is 4.79 Å². The molecule has 0 atom stereocenters. The van der Waals surface area contributed by atoms with Crippen LogP contribution in [0.2, 0.25) is 0 Å². The summed E-state index contributed by atoms with van der Waals surface area (Å²) >= 11 is 0. The molecule has 0 heterocycles. The third-order valence-electron chi connectivity index (χ3n) is 3.48. The van der Waals surface area contributed by atoms with E-state index < -0.39 is 0 Å². The molecule has 1 saturated carbocycles. The molecule has 0 saturated heterocycles. The summed E-state index contributed by atoms with van der Waals surface area (Å²) in [6.45, 7) is 6.01. The first-order valence-corrected chi connectivity index (χ1v) is 6.43. The van der Waals surface area contributed by atoms with E-state index in [1.165, 1.54) is 32.1 Å². The lowest BCUT2D eigenvalue weighted by Crippen LogP contribution is -2.16. The van der Waals surface area contributed by atoms with Crippen molar-refractivity contribution in [2.75, 3.05) is 0 Å². The van der Waals surface area contributed by atoms with E-state index in [0.29, 0.717) is 18.1 Å². The molecular formula is C14H24O. The topological polar surface area (TPSA) is 17.1 Å². The average Bonchev–Trinajstić information content (AvgIpc) is 2.16. The van der Waals surface area contributed by atoms with Crippen molar-refractivity contribution in [3.05, 3.63) is 12.2 Å². The van der Waals surface area contributed by atoms with Crippen LogP contribution < -0.4 is 0 Å². The molecule has 0 aromatic heterocycles. The summed E-state index contributed by atoms with van der Waals surface area (Å²) in [7, 11) is 0. The van der Waals surface area contributed by atoms with Crippen LogP contribution in [0.15, 0.2) is 12.2 Å². The van der Waals surface area contributed by atoms with Crippen LogP contribution in [0.3, 0.4) is 0 Å². The second-order valence-corrected chi connectivity index (χ2v) is 4.79. The van der Waals surface area contributed by atoms with Crippen molar-refractivity contribution in [2.24, 2.45) is 5.92 Å². The van der Waals surface area contributed by atoms with Crippen LogP contribution >= 0.6 is 0 Å². The van der Waals surface area contributed by atoms with Crippen LogP contribution in [0.1, 0.15) is 64.7 Å². The number of carbonyl (C=O) groups excluding carboxylic acids is 1. The van der Waals surface area contributed by atoms with Crippen molar-refractivity contribution in [1.82, 2.24) is 0 Å². The Kier molecular flexibility index (Phi) is 5.67. The fourth-order valence-corrected chi connectivity index (χ4v) is 2.29. The van der Waals surface area contributed by atoms with Crippen LogP contribution in [0.25, 0.3) is 0 Å². The average molecular weight is 208 g/mol. The van der Waals surface area contributed by atoms with Gasteiger partial charge in [0.05, 0.1) is 0 Å². The van der Waals surface area contributed by atoms with Gasteiger partial charge >= 0.3 is 0 Å². The Labute approximate surface area is 93.9 Å². The van der Waals surface area contributed by atoms with E-state index in [9.17, 15) is 4.79 Å². The zero-order valence-corrected chi connectivity index (χ0v) is 10.1. The molecule has 0 amide bonds. The van der Waals surface area contributed by atoms with Gasteiger partial charge in [-0.25, -0.2) is 0 Å². The number of hydrogen-bond donors (Lipinski definition) is 0. The van der Waals surface area contributed by atoms with Gasteiger partial charge in [-0.1, -0.05) is 51.2 Å². The predicted molar refractivity (Wildman–Crippen MR) is 64.9 cm³/mol. The number of Topliss-reactive ketones (excluding diaryl/α,β-unsaturated/α-hetero) is 1. The van der Waals surface area contributed by atoms with Gasteiger partial charge in [-0.3, -0.25) is 4.79 Å². The van der Waals surface area contributed by atoms with Crippen molar-refractivity contribution in [1.29, 1.82) is 0 Å². The Morgan fingerprint density at radius 1 is 1.13 bits per heavy atom. The van der Waals surface area contributed by atoms with Gasteiger partial charge < -0.3 is 0 Å². The standard InChI is InChI=1S/C14H24O/c1-3-12(2)11-14(15)13-9-7-5-4-6-8-10-13/h13H,2-11H2,1H3. The molecule has 0 aromatic rings. The fourth-order valence-electron chi connectivity index (χ4n) is 2.29. The Hall–Kier alpha value is -0.590. The molecule has 0 aromatic carbocycles. The molecular weight excluding hydrogens is 184 g/mol. The van der Waals surface area contributed by atoms with E-state index in [1.54, 1.807) is 0 Å². The highest BCUT2D eigenvalue weighted by Crippen LogP contribution is 2.25. The molecule has 1 fully saturated rings. The number of carbonyl (C=O) groups is 1. The molecule has 0 spiro atoms. The summed E-state index contributed by atoms with van der Waals surface area (Å²) in [6.07, 6.45) is 10.3. The SMILES string of the molecule is C=C(CC)CC(=O)C1CCCCCCC1. The van der Waals surface area contributed by atoms with E-state index >= 15 is 0 Å². The number of rotatable bonds is 4. The lowest BCUT2D eigenvalue weighted by atomic mass is 9.86. The van der Waals surface area contributed by atoms with E-state index in [1.807, 2.05) is 0 Å². The van der Waals surface area contributed by atoms with Gasteiger partial charge in [-0.05, 0) is 19.3 Å². The van der Waals surface area contributed by atoms with Gasteiger partial charge in [0.15, 0.2) is 0 Å². The Balaban J connectivity index is 2.38. The summed E-state index contributed by atoms with van der Waals surface area (Å²) in [5, 5.41) is 0. The van der Waals surface area contributed by atoms with E-state index in [2.05, 4.69) is 13.5 Å². The van der Waals surface area contributed by atoms with Gasteiger partial charge in [-0.15, -0.1) is 0 Å². The fraction of sp³-hybridized carbons (Fsp3) is 0.786. The molecule has 0 radical (unpaired) electrons. The molecule has 1 aliphatic carbocycles. The maximum atomic E-state index is 12.0. The van der Waals surface area contributed by atoms with Crippen molar-refractivity contribution < 1.29 is 4.79 Å². The van der Waals surface area contributed by atoms with Crippen LogP contribution in [0.5, 0.6) is 0 Å². The van der Waals surface area contributed by atoms with Crippen molar-refractivity contribution in [3.8, 4) is 0 Å². The molecule has 1 rings (SSSR count). The lowest BCUT2D eigenvalue weighted by Gasteiger charge is -2.18. The molecule has 1 nitrogen and oxygen atoms in total. The highest BCUT2D eigenvalue weighted by Gasteiger charge is 2.19. The van der Waals surface area contributed by atoms with Crippen molar-refractivity contribution >= 4 is 5.78 Å². The van der Waals surface area contributed by atoms with Gasteiger partial charge in [0.25, 0.3) is 0 Å². The Morgan fingerprint density at radius 2 is 1.67 bits per heavy atom. The van der Waals surface area contributed by atoms with Gasteiger partial charge in [0.2, 0.25) is 0 Å². The van der Waals surface area contributed by atoms with Crippen LogP contribution in [0, 0.1) is 5.92 Å². The predicted octanol–water partition coefficient (Wildman–Crippen LogP) is 4.27. The van der Waals surface area contributed by atoms with Gasteiger partial charge in [0.1, 0.15) is 5.78 Å². The zero-order valence-electron chi connectivity index (χ0n) is 10.1. The summed E-state index contributed by atoms with van der Waals surface area (Å²) in [5.41, 5.74) is 1.10. The minimum Gasteiger partial charge on any atom is -0.299 e. The first kappa shape index (κ1) is 12.5. The summed E-state index contributed by atoms with van der Waals surface area (Å²) < 4.78 is 0. The smallest absolute Gasteiger partial charge is 0.139 e. The summed E-state index contributed by atoms with van der Waals surface area (Å²) in [4.78, 5) is 12.0. The highest BCUT2D eigenvalue weighted by molar-refractivity contribution is 5.83. The minimum atomic E-state index is 0.341.